The van der Waals surface area contributed by atoms with Crippen molar-refractivity contribution in [1.82, 2.24) is 9.88 Å². The molecule has 3 aromatic rings. The van der Waals surface area contributed by atoms with Gasteiger partial charge in [-0.2, -0.15) is 0 Å². The van der Waals surface area contributed by atoms with Gasteiger partial charge in [-0.05, 0) is 36.2 Å². The molecule has 1 aromatic heterocycles. The van der Waals surface area contributed by atoms with Crippen LogP contribution in [0.4, 0.5) is 0 Å². The number of ether oxygens (including phenoxy) is 2. The third-order valence-electron chi connectivity index (χ3n) is 5.67. The first-order valence-electron chi connectivity index (χ1n) is 10.6. The molecule has 2 aromatic carbocycles. The van der Waals surface area contributed by atoms with Crippen LogP contribution in [-0.4, -0.2) is 44.5 Å². The van der Waals surface area contributed by atoms with Gasteiger partial charge in [0.25, 0.3) is 0 Å². The molecule has 0 fully saturated rings. The van der Waals surface area contributed by atoms with Crippen molar-refractivity contribution in [2.45, 2.75) is 25.8 Å². The number of hydrogen-bond donors (Lipinski definition) is 2. The molecule has 6 heteroatoms. The molecule has 0 saturated heterocycles. The molecule has 0 bridgehead atoms. The van der Waals surface area contributed by atoms with Crippen molar-refractivity contribution in [3.8, 4) is 11.5 Å². The van der Waals surface area contributed by atoms with Crippen LogP contribution in [0.15, 0.2) is 48.7 Å². The summed E-state index contributed by atoms with van der Waals surface area (Å²) in [5.41, 5.74) is 3.42. The average molecular weight is 409 g/mol. The lowest BCUT2D eigenvalue weighted by molar-refractivity contribution is -0.856. The van der Waals surface area contributed by atoms with Crippen LogP contribution in [0.3, 0.4) is 0 Å². The van der Waals surface area contributed by atoms with E-state index in [9.17, 15) is 4.79 Å². The molecule has 1 amide bonds. The van der Waals surface area contributed by atoms with Gasteiger partial charge in [-0.3, -0.25) is 4.79 Å². The molecule has 1 atom stereocenters. The Balaban J connectivity index is 1.70. The quantitative estimate of drug-likeness (QED) is 0.601. The number of nitrogens with one attached hydrogen (secondary N) is 2. The lowest BCUT2D eigenvalue weighted by Gasteiger charge is -2.18. The Hall–Kier alpha value is -2.99. The summed E-state index contributed by atoms with van der Waals surface area (Å²) >= 11 is 0. The Morgan fingerprint density at radius 1 is 1.17 bits per heavy atom. The number of rotatable bonds is 8. The van der Waals surface area contributed by atoms with E-state index in [1.165, 1.54) is 21.4 Å². The number of amides is 1. The van der Waals surface area contributed by atoms with Gasteiger partial charge in [-0.25, -0.2) is 0 Å². The van der Waals surface area contributed by atoms with Crippen molar-refractivity contribution in [3.63, 3.8) is 0 Å². The highest BCUT2D eigenvalue weighted by Gasteiger charge is 2.25. The number of quaternary nitrogens is 1. The second-order valence-corrected chi connectivity index (χ2v) is 8.06. The number of carbonyl (C=O) groups excluding carboxylic acids is 1. The first kappa shape index (κ1) is 20.3. The average Bonchev–Trinajstić information content (AvgIpc) is 3.35. The second-order valence-electron chi connectivity index (χ2n) is 8.06. The Labute approximate surface area is 177 Å². The van der Waals surface area contributed by atoms with Crippen LogP contribution >= 0.6 is 0 Å². The van der Waals surface area contributed by atoms with Crippen molar-refractivity contribution in [2.75, 3.05) is 34.0 Å². The molecule has 0 radical (unpaired) electrons. The fraction of sp³-hybridized carbons (Fsp3) is 0.375. The van der Waals surface area contributed by atoms with Gasteiger partial charge in [0.15, 0.2) is 11.5 Å². The standard InChI is InChI=1S/C24H29N3O3/c1-4-27-15-20(18-7-5-6-8-21(18)27)19(14-24(28)25-11-12-26(2)3)17-9-10-22-23(13-17)30-16-29-22/h5-10,13,15,19H,4,11-12,14,16H2,1-3H3,(H,25,28)/p+1/t19-/m0/s1. The van der Waals surface area contributed by atoms with E-state index in [1.54, 1.807) is 0 Å². The maximum absolute atomic E-state index is 12.8. The van der Waals surface area contributed by atoms with Crippen molar-refractivity contribution in [3.05, 3.63) is 59.8 Å². The van der Waals surface area contributed by atoms with E-state index in [2.05, 4.69) is 61.4 Å². The van der Waals surface area contributed by atoms with Crippen molar-refractivity contribution in [2.24, 2.45) is 0 Å². The zero-order valence-electron chi connectivity index (χ0n) is 17.9. The van der Waals surface area contributed by atoms with Gasteiger partial charge < -0.3 is 24.3 Å². The van der Waals surface area contributed by atoms with Gasteiger partial charge in [0.05, 0.1) is 27.2 Å². The summed E-state index contributed by atoms with van der Waals surface area (Å²) in [5, 5.41) is 4.27. The Kier molecular flexibility index (Phi) is 5.95. The highest BCUT2D eigenvalue weighted by atomic mass is 16.7. The Morgan fingerprint density at radius 2 is 1.97 bits per heavy atom. The predicted molar refractivity (Wildman–Crippen MR) is 117 cm³/mol. The summed E-state index contributed by atoms with van der Waals surface area (Å²) in [6, 6.07) is 14.4. The van der Waals surface area contributed by atoms with E-state index in [4.69, 9.17) is 9.47 Å². The summed E-state index contributed by atoms with van der Waals surface area (Å²) in [6.45, 7) is 4.83. The minimum Gasteiger partial charge on any atom is -0.454 e. The first-order valence-corrected chi connectivity index (χ1v) is 10.6. The molecular formula is C24H30N3O3+. The van der Waals surface area contributed by atoms with E-state index in [1.807, 2.05) is 18.2 Å². The van der Waals surface area contributed by atoms with Crippen LogP contribution in [0.1, 0.15) is 30.4 Å². The van der Waals surface area contributed by atoms with E-state index in [0.717, 1.165) is 30.2 Å². The molecule has 4 rings (SSSR count). The molecule has 2 heterocycles. The normalized spacial score (nSPS) is 13.7. The topological polar surface area (TPSA) is 56.9 Å². The second kappa shape index (κ2) is 8.79. The number of carbonyl (C=O) groups is 1. The number of nitrogens with zero attached hydrogens (tertiary/aromatic N) is 1. The number of fused-ring (bicyclic) bond motifs is 2. The smallest absolute Gasteiger partial charge is 0.231 e. The Morgan fingerprint density at radius 3 is 2.77 bits per heavy atom. The fourth-order valence-corrected chi connectivity index (χ4v) is 4.06. The van der Waals surface area contributed by atoms with Gasteiger partial charge in [0.1, 0.15) is 0 Å². The van der Waals surface area contributed by atoms with Crippen LogP contribution in [0.25, 0.3) is 10.9 Å². The number of para-hydroxylation sites is 1. The van der Waals surface area contributed by atoms with Gasteiger partial charge in [0, 0.05) is 36.0 Å². The minimum absolute atomic E-state index is 0.0623. The van der Waals surface area contributed by atoms with Gasteiger partial charge in [-0.15, -0.1) is 0 Å². The maximum atomic E-state index is 12.8. The highest BCUT2D eigenvalue weighted by Crippen LogP contribution is 2.40. The van der Waals surface area contributed by atoms with Crippen LogP contribution in [0.2, 0.25) is 0 Å². The monoisotopic (exact) mass is 408 g/mol. The number of benzene rings is 2. The van der Waals surface area contributed by atoms with Crippen molar-refractivity contribution >= 4 is 16.8 Å². The van der Waals surface area contributed by atoms with E-state index in [-0.39, 0.29) is 18.6 Å². The lowest BCUT2D eigenvalue weighted by Crippen LogP contribution is -3.06. The summed E-state index contributed by atoms with van der Waals surface area (Å²) in [4.78, 5) is 14.2. The summed E-state index contributed by atoms with van der Waals surface area (Å²) in [6.07, 6.45) is 2.58. The molecule has 1 aliphatic heterocycles. The van der Waals surface area contributed by atoms with Gasteiger partial charge >= 0.3 is 0 Å². The van der Waals surface area contributed by atoms with Crippen molar-refractivity contribution in [1.29, 1.82) is 0 Å². The lowest BCUT2D eigenvalue weighted by atomic mass is 9.87. The maximum Gasteiger partial charge on any atom is 0.231 e. The third-order valence-corrected chi connectivity index (χ3v) is 5.67. The zero-order chi connectivity index (χ0) is 21.1. The Bertz CT molecular complexity index is 1040. The van der Waals surface area contributed by atoms with Crippen molar-refractivity contribution < 1.29 is 19.2 Å². The van der Waals surface area contributed by atoms with E-state index in [0.29, 0.717) is 13.0 Å². The van der Waals surface area contributed by atoms with E-state index < -0.39 is 0 Å². The van der Waals surface area contributed by atoms with Crippen LogP contribution in [0, 0.1) is 0 Å². The molecule has 6 nitrogen and oxygen atoms in total. The number of aromatic nitrogens is 1. The molecule has 0 unspecified atom stereocenters. The summed E-state index contributed by atoms with van der Waals surface area (Å²) < 4.78 is 13.3. The van der Waals surface area contributed by atoms with Gasteiger partial charge in [-0.1, -0.05) is 24.3 Å². The fourth-order valence-electron chi connectivity index (χ4n) is 4.06. The summed E-state index contributed by atoms with van der Waals surface area (Å²) in [5.74, 6) is 1.50. The number of likely N-dealkylation sites (N-methyl/N-ethyl adjacent to an activating group) is 1. The molecule has 0 spiro atoms. The van der Waals surface area contributed by atoms with Crippen LogP contribution in [-0.2, 0) is 11.3 Å². The minimum atomic E-state index is -0.0658. The first-order chi connectivity index (χ1) is 14.6. The molecule has 158 valence electrons. The summed E-state index contributed by atoms with van der Waals surface area (Å²) in [7, 11) is 4.17. The highest BCUT2D eigenvalue weighted by molar-refractivity contribution is 5.86. The molecule has 0 aliphatic carbocycles. The molecule has 2 N–H and O–H groups in total. The molecule has 0 saturated carbocycles. The van der Waals surface area contributed by atoms with Crippen LogP contribution in [0.5, 0.6) is 11.5 Å². The molecular weight excluding hydrogens is 378 g/mol. The number of aryl methyl sites for hydroxylation is 1. The zero-order valence-corrected chi connectivity index (χ0v) is 17.9. The molecule has 1 aliphatic rings. The number of hydrogen-bond acceptors (Lipinski definition) is 3. The molecule has 30 heavy (non-hydrogen) atoms. The SMILES string of the molecule is CCn1cc([C@@H](CC(=O)NCC[NH+](C)C)c2ccc3c(c2)OCO3)c2ccccc21. The van der Waals surface area contributed by atoms with Gasteiger partial charge in [0.2, 0.25) is 12.7 Å². The third kappa shape index (κ3) is 4.14. The largest absolute Gasteiger partial charge is 0.454 e. The van der Waals surface area contributed by atoms with Crippen LogP contribution < -0.4 is 19.7 Å². The van der Waals surface area contributed by atoms with E-state index >= 15 is 0 Å². The predicted octanol–water partition coefficient (Wildman–Crippen LogP) is 2.17.